The van der Waals surface area contributed by atoms with Crippen molar-refractivity contribution in [2.75, 3.05) is 5.73 Å². The van der Waals surface area contributed by atoms with Crippen LogP contribution in [0, 0.1) is 0 Å². The molecule has 0 aliphatic carbocycles. The zero-order valence-electron chi connectivity index (χ0n) is 9.52. The van der Waals surface area contributed by atoms with Crippen LogP contribution in [0.15, 0.2) is 34.7 Å². The van der Waals surface area contributed by atoms with Crippen molar-refractivity contribution in [2.45, 2.75) is 0 Å². The van der Waals surface area contributed by atoms with Gasteiger partial charge in [-0.1, -0.05) is 23.2 Å². The van der Waals surface area contributed by atoms with E-state index in [-0.39, 0.29) is 11.6 Å². The molecular weight excluding hydrogens is 287 g/mol. The Morgan fingerprint density at radius 2 is 1.95 bits per heavy atom. The van der Waals surface area contributed by atoms with Gasteiger partial charge in [0.05, 0.1) is 10.6 Å². The molecule has 96 valence electrons. The summed E-state index contributed by atoms with van der Waals surface area (Å²) >= 11 is 11.9. The Morgan fingerprint density at radius 3 is 2.74 bits per heavy atom. The summed E-state index contributed by atoms with van der Waals surface area (Å²) < 4.78 is 5.56. The van der Waals surface area contributed by atoms with Gasteiger partial charge in [-0.05, 0) is 30.3 Å². The summed E-state index contributed by atoms with van der Waals surface area (Å²) in [5.41, 5.74) is 7.53. The Balaban J connectivity index is 2.26. The van der Waals surface area contributed by atoms with Crippen molar-refractivity contribution < 1.29 is 9.52 Å². The number of hydrogen-bond acceptors (Lipinski definition) is 4. The molecule has 0 aliphatic heterocycles. The van der Waals surface area contributed by atoms with Crippen LogP contribution in [-0.4, -0.2) is 10.1 Å². The van der Waals surface area contributed by atoms with Crippen LogP contribution in [0.1, 0.15) is 0 Å². The molecule has 0 spiro atoms. The van der Waals surface area contributed by atoms with E-state index in [1.165, 1.54) is 6.07 Å². The SMILES string of the molecule is Nc1ccc(O)c(-c2nc3cc(Cl)cc(Cl)c3o2)c1. The molecule has 3 aromatic rings. The Hall–Kier alpha value is -1.91. The molecule has 0 bridgehead atoms. The van der Waals surface area contributed by atoms with Crippen molar-refractivity contribution >= 4 is 40.0 Å². The van der Waals surface area contributed by atoms with Crippen molar-refractivity contribution in [1.82, 2.24) is 4.98 Å². The lowest BCUT2D eigenvalue weighted by Crippen LogP contribution is -1.86. The molecule has 3 N–H and O–H groups in total. The molecule has 2 aromatic carbocycles. The van der Waals surface area contributed by atoms with Crippen LogP contribution in [0.5, 0.6) is 5.75 Å². The van der Waals surface area contributed by atoms with Crippen molar-refractivity contribution in [1.29, 1.82) is 0 Å². The summed E-state index contributed by atoms with van der Waals surface area (Å²) in [4.78, 5) is 4.26. The van der Waals surface area contributed by atoms with Crippen LogP contribution >= 0.6 is 23.2 Å². The van der Waals surface area contributed by atoms with Gasteiger partial charge in [-0.2, -0.15) is 0 Å². The predicted octanol–water partition coefficient (Wildman–Crippen LogP) is 4.09. The minimum absolute atomic E-state index is 0.0305. The first kappa shape index (κ1) is 12.1. The summed E-state index contributed by atoms with van der Waals surface area (Å²) in [7, 11) is 0. The lowest BCUT2D eigenvalue weighted by molar-refractivity contribution is 0.474. The normalized spacial score (nSPS) is 11.1. The summed E-state index contributed by atoms with van der Waals surface area (Å²) in [6.07, 6.45) is 0. The summed E-state index contributed by atoms with van der Waals surface area (Å²) in [6, 6.07) is 7.85. The average Bonchev–Trinajstić information content (AvgIpc) is 2.76. The molecule has 0 radical (unpaired) electrons. The fourth-order valence-corrected chi connectivity index (χ4v) is 2.32. The van der Waals surface area contributed by atoms with E-state index in [0.29, 0.717) is 32.4 Å². The monoisotopic (exact) mass is 294 g/mol. The smallest absolute Gasteiger partial charge is 0.231 e. The third-order valence-electron chi connectivity index (χ3n) is 2.66. The molecule has 3 rings (SSSR count). The largest absolute Gasteiger partial charge is 0.507 e. The number of aromatic nitrogens is 1. The first-order chi connectivity index (χ1) is 9.04. The van der Waals surface area contributed by atoms with Crippen molar-refractivity contribution in [3.8, 4) is 17.2 Å². The molecule has 0 saturated carbocycles. The van der Waals surface area contributed by atoms with Gasteiger partial charge in [0.1, 0.15) is 11.3 Å². The number of oxazole rings is 1. The number of aromatic hydroxyl groups is 1. The highest BCUT2D eigenvalue weighted by atomic mass is 35.5. The highest BCUT2D eigenvalue weighted by Gasteiger charge is 2.15. The van der Waals surface area contributed by atoms with Crippen molar-refractivity contribution in [2.24, 2.45) is 0 Å². The maximum atomic E-state index is 9.82. The van der Waals surface area contributed by atoms with Gasteiger partial charge in [0.15, 0.2) is 5.58 Å². The highest BCUT2D eigenvalue weighted by Crippen LogP contribution is 2.35. The van der Waals surface area contributed by atoms with Gasteiger partial charge in [0, 0.05) is 10.7 Å². The van der Waals surface area contributed by atoms with E-state index in [4.69, 9.17) is 33.4 Å². The van der Waals surface area contributed by atoms with E-state index >= 15 is 0 Å². The van der Waals surface area contributed by atoms with Gasteiger partial charge in [-0.3, -0.25) is 0 Å². The number of fused-ring (bicyclic) bond motifs is 1. The number of nitrogens with zero attached hydrogens (tertiary/aromatic N) is 1. The fourth-order valence-electron chi connectivity index (χ4n) is 1.80. The lowest BCUT2D eigenvalue weighted by atomic mass is 10.2. The fraction of sp³-hybridized carbons (Fsp3) is 0. The number of nitrogens with two attached hydrogens (primary N) is 1. The molecule has 0 unspecified atom stereocenters. The van der Waals surface area contributed by atoms with E-state index in [2.05, 4.69) is 4.98 Å². The number of phenolic OH excluding ortho intramolecular Hbond substituents is 1. The highest BCUT2D eigenvalue weighted by molar-refractivity contribution is 6.38. The maximum Gasteiger partial charge on any atom is 0.231 e. The van der Waals surface area contributed by atoms with E-state index < -0.39 is 0 Å². The molecule has 0 atom stereocenters. The van der Waals surface area contributed by atoms with Gasteiger partial charge >= 0.3 is 0 Å². The second-order valence-electron chi connectivity index (χ2n) is 4.03. The van der Waals surface area contributed by atoms with E-state index in [1.54, 1.807) is 24.3 Å². The molecule has 19 heavy (non-hydrogen) atoms. The number of benzene rings is 2. The molecule has 6 heteroatoms. The molecule has 4 nitrogen and oxygen atoms in total. The number of halogens is 2. The second-order valence-corrected chi connectivity index (χ2v) is 4.88. The number of rotatable bonds is 1. The number of anilines is 1. The Bertz CT molecular complexity index is 784. The minimum atomic E-state index is 0.0305. The van der Waals surface area contributed by atoms with Crippen LogP contribution in [0.25, 0.3) is 22.6 Å². The zero-order valence-corrected chi connectivity index (χ0v) is 11.0. The Labute approximate surface area is 118 Å². The van der Waals surface area contributed by atoms with Gasteiger partial charge in [0.2, 0.25) is 5.89 Å². The predicted molar refractivity (Wildman–Crippen MR) is 75.5 cm³/mol. The number of nitrogen functional groups attached to an aromatic ring is 1. The molecule has 0 fully saturated rings. The molecule has 1 aromatic heterocycles. The van der Waals surface area contributed by atoms with Crippen LogP contribution in [0.3, 0.4) is 0 Å². The van der Waals surface area contributed by atoms with Gasteiger partial charge < -0.3 is 15.3 Å². The van der Waals surface area contributed by atoms with E-state index in [9.17, 15) is 5.11 Å². The van der Waals surface area contributed by atoms with Crippen LogP contribution in [-0.2, 0) is 0 Å². The van der Waals surface area contributed by atoms with Crippen molar-refractivity contribution in [3.05, 3.63) is 40.4 Å². The second kappa shape index (κ2) is 4.33. The van der Waals surface area contributed by atoms with Gasteiger partial charge in [-0.15, -0.1) is 0 Å². The summed E-state index contributed by atoms with van der Waals surface area (Å²) in [5.74, 6) is 0.270. The molecular formula is C13H8Cl2N2O2. The first-order valence-corrected chi connectivity index (χ1v) is 6.14. The Morgan fingerprint density at radius 1 is 1.16 bits per heavy atom. The maximum absolute atomic E-state index is 9.82. The van der Waals surface area contributed by atoms with Crippen LogP contribution in [0.2, 0.25) is 10.0 Å². The first-order valence-electron chi connectivity index (χ1n) is 5.39. The minimum Gasteiger partial charge on any atom is -0.507 e. The van der Waals surface area contributed by atoms with Crippen LogP contribution in [0.4, 0.5) is 5.69 Å². The molecule has 1 heterocycles. The zero-order chi connectivity index (χ0) is 13.6. The molecule has 0 amide bonds. The van der Waals surface area contributed by atoms with Gasteiger partial charge in [-0.25, -0.2) is 4.98 Å². The summed E-state index contributed by atoms with van der Waals surface area (Å²) in [5, 5.41) is 10.7. The average molecular weight is 295 g/mol. The van der Waals surface area contributed by atoms with Gasteiger partial charge in [0.25, 0.3) is 0 Å². The molecule has 0 aliphatic rings. The quantitative estimate of drug-likeness (QED) is 0.524. The standard InChI is InChI=1S/C13H8Cl2N2O2/c14-6-3-9(15)12-10(4-6)17-13(19-12)8-5-7(16)1-2-11(8)18/h1-5,18H,16H2. The van der Waals surface area contributed by atoms with E-state index in [0.717, 1.165) is 0 Å². The third-order valence-corrected chi connectivity index (χ3v) is 3.16. The number of hydrogen-bond donors (Lipinski definition) is 2. The Kier molecular flexibility index (Phi) is 2.77. The summed E-state index contributed by atoms with van der Waals surface area (Å²) in [6.45, 7) is 0. The topological polar surface area (TPSA) is 72.3 Å². The van der Waals surface area contributed by atoms with Crippen molar-refractivity contribution in [3.63, 3.8) is 0 Å². The molecule has 0 saturated heterocycles. The van der Waals surface area contributed by atoms with Crippen LogP contribution < -0.4 is 5.73 Å². The van der Waals surface area contributed by atoms with E-state index in [1.807, 2.05) is 0 Å². The lowest BCUT2D eigenvalue weighted by Gasteiger charge is -2.00. The number of phenols is 1. The third kappa shape index (κ3) is 2.09.